The minimum atomic E-state index is 0.809. The van der Waals surface area contributed by atoms with Gasteiger partial charge in [-0.05, 0) is 37.0 Å². The van der Waals surface area contributed by atoms with Crippen LogP contribution in [0.3, 0.4) is 0 Å². The third-order valence-electron chi connectivity index (χ3n) is 2.16. The molecule has 1 atom stereocenters. The highest BCUT2D eigenvalue weighted by Crippen LogP contribution is 2.17. The van der Waals surface area contributed by atoms with Crippen LogP contribution in [0.5, 0.6) is 0 Å². The lowest BCUT2D eigenvalue weighted by Crippen LogP contribution is -2.01. The first kappa shape index (κ1) is 12.0. The van der Waals surface area contributed by atoms with E-state index >= 15 is 0 Å². The Hall–Kier alpha value is 0. The summed E-state index contributed by atoms with van der Waals surface area (Å²) in [5, 5.41) is 0. The van der Waals surface area contributed by atoms with Crippen LogP contribution in [0.25, 0.3) is 0 Å². The van der Waals surface area contributed by atoms with Crippen molar-refractivity contribution < 1.29 is 0 Å². The second-order valence-corrected chi connectivity index (χ2v) is 4.81. The van der Waals surface area contributed by atoms with E-state index < -0.39 is 0 Å². The fourth-order valence-corrected chi connectivity index (χ4v) is 1.55. The van der Waals surface area contributed by atoms with Gasteiger partial charge in [0.2, 0.25) is 0 Å². The molecule has 0 heterocycles. The second kappa shape index (κ2) is 6.51. The number of hydrogen-bond acceptors (Lipinski definition) is 0. The van der Waals surface area contributed by atoms with E-state index in [0.717, 1.165) is 17.8 Å². The third-order valence-corrected chi connectivity index (χ3v) is 2.16. The summed E-state index contributed by atoms with van der Waals surface area (Å²) >= 11 is 0. The molecule has 0 heteroatoms. The summed E-state index contributed by atoms with van der Waals surface area (Å²) in [6, 6.07) is 0. The molecule has 0 bridgehead atoms. The summed E-state index contributed by atoms with van der Waals surface area (Å²) in [7, 11) is 0. The van der Waals surface area contributed by atoms with Crippen molar-refractivity contribution in [3.63, 3.8) is 0 Å². The summed E-state index contributed by atoms with van der Waals surface area (Å²) in [6.45, 7) is 11.5. The normalized spacial score (nSPS) is 14.2. The van der Waals surface area contributed by atoms with Crippen molar-refractivity contribution in [2.24, 2.45) is 17.8 Å². The molecule has 0 saturated carbocycles. The molecular weight excluding hydrogens is 144 g/mol. The molecule has 0 aromatic rings. The van der Waals surface area contributed by atoms with Crippen LogP contribution in [0.1, 0.15) is 53.9 Å². The summed E-state index contributed by atoms with van der Waals surface area (Å²) in [5.74, 6) is 2.51. The van der Waals surface area contributed by atoms with Crippen molar-refractivity contribution in [3.8, 4) is 0 Å². The number of rotatable bonds is 6. The van der Waals surface area contributed by atoms with Gasteiger partial charge in [0.15, 0.2) is 0 Å². The maximum Gasteiger partial charge on any atom is -0.0357 e. The molecule has 0 nitrogen and oxygen atoms in total. The molecule has 0 saturated heterocycles. The predicted octanol–water partition coefficient (Wildman–Crippen LogP) is 4.31. The van der Waals surface area contributed by atoms with Crippen LogP contribution in [-0.4, -0.2) is 0 Å². The van der Waals surface area contributed by atoms with Crippen LogP contribution < -0.4 is 0 Å². The molecule has 1 radical (unpaired) electrons. The average Bonchev–Trinajstić information content (AvgIpc) is 1.84. The van der Waals surface area contributed by atoms with Gasteiger partial charge in [0.05, 0.1) is 0 Å². The van der Waals surface area contributed by atoms with E-state index in [9.17, 15) is 0 Å². The van der Waals surface area contributed by atoms with E-state index in [-0.39, 0.29) is 0 Å². The highest BCUT2D eigenvalue weighted by atomic mass is 14.1. The molecule has 0 aliphatic rings. The summed E-state index contributed by atoms with van der Waals surface area (Å²) in [5.41, 5.74) is 0. The molecule has 1 unspecified atom stereocenters. The molecular formula is C12H25. The largest absolute Gasteiger partial charge is 0.0628 e. The Bertz CT molecular complexity index is 92.2. The lowest BCUT2D eigenvalue weighted by atomic mass is 9.93. The molecule has 0 N–H and O–H groups in total. The molecule has 0 spiro atoms. The van der Waals surface area contributed by atoms with Gasteiger partial charge in [0.1, 0.15) is 0 Å². The minimum absolute atomic E-state index is 0.809. The molecule has 0 aromatic heterocycles. The van der Waals surface area contributed by atoms with Crippen molar-refractivity contribution in [1.82, 2.24) is 0 Å². The topological polar surface area (TPSA) is 0 Å². The van der Waals surface area contributed by atoms with Crippen LogP contribution in [0.15, 0.2) is 0 Å². The third kappa shape index (κ3) is 8.10. The molecule has 73 valence electrons. The van der Waals surface area contributed by atoms with E-state index in [0.29, 0.717) is 0 Å². The smallest absolute Gasteiger partial charge is 0.0357 e. The van der Waals surface area contributed by atoms with Gasteiger partial charge < -0.3 is 0 Å². The zero-order valence-electron chi connectivity index (χ0n) is 9.43. The van der Waals surface area contributed by atoms with Gasteiger partial charge in [-0.3, -0.25) is 0 Å². The second-order valence-electron chi connectivity index (χ2n) is 4.81. The highest BCUT2D eigenvalue weighted by molar-refractivity contribution is 4.73. The summed E-state index contributed by atoms with van der Waals surface area (Å²) in [4.78, 5) is 0. The highest BCUT2D eigenvalue weighted by Gasteiger charge is 2.05. The van der Waals surface area contributed by atoms with E-state index in [2.05, 4.69) is 41.0 Å². The maximum atomic E-state index is 2.49. The van der Waals surface area contributed by atoms with Crippen LogP contribution >= 0.6 is 0 Å². The molecule has 0 aliphatic heterocycles. The zero-order chi connectivity index (χ0) is 9.56. The maximum absolute atomic E-state index is 2.49. The van der Waals surface area contributed by atoms with Crippen LogP contribution in [0, 0.1) is 24.2 Å². The van der Waals surface area contributed by atoms with Crippen molar-refractivity contribution in [2.45, 2.75) is 53.9 Å². The summed E-state index contributed by atoms with van der Waals surface area (Å²) in [6.07, 6.45) is 6.48. The molecule has 0 fully saturated rings. The zero-order valence-corrected chi connectivity index (χ0v) is 9.43. The Morgan fingerprint density at radius 3 is 1.92 bits per heavy atom. The van der Waals surface area contributed by atoms with Gasteiger partial charge in [-0.15, -0.1) is 0 Å². The van der Waals surface area contributed by atoms with Gasteiger partial charge in [-0.2, -0.15) is 0 Å². The van der Waals surface area contributed by atoms with E-state index in [4.69, 9.17) is 0 Å². The van der Waals surface area contributed by atoms with Gasteiger partial charge >= 0.3 is 0 Å². The van der Waals surface area contributed by atoms with E-state index in [1.807, 2.05) is 0 Å². The molecule has 0 aliphatic carbocycles. The van der Waals surface area contributed by atoms with Gasteiger partial charge in [0, 0.05) is 0 Å². The van der Waals surface area contributed by atoms with Gasteiger partial charge in [-0.25, -0.2) is 0 Å². The number of hydrogen-bond donors (Lipinski definition) is 0. The molecule has 0 amide bonds. The van der Waals surface area contributed by atoms with E-state index in [1.54, 1.807) is 0 Å². The Balaban J connectivity index is 3.25. The van der Waals surface area contributed by atoms with E-state index in [1.165, 1.54) is 19.3 Å². The fraction of sp³-hybridized carbons (Fsp3) is 0.917. The Kier molecular flexibility index (Phi) is 6.51. The lowest BCUT2D eigenvalue weighted by molar-refractivity contribution is 0.457. The molecule has 12 heavy (non-hydrogen) atoms. The Labute approximate surface area is 78.8 Å². The van der Waals surface area contributed by atoms with Crippen LogP contribution in [-0.2, 0) is 0 Å². The first-order valence-electron chi connectivity index (χ1n) is 5.35. The first-order valence-corrected chi connectivity index (χ1v) is 5.35. The Morgan fingerprint density at radius 1 is 0.917 bits per heavy atom. The molecule has 0 aromatic carbocycles. The van der Waals surface area contributed by atoms with Crippen molar-refractivity contribution in [3.05, 3.63) is 6.42 Å². The van der Waals surface area contributed by atoms with Crippen LogP contribution in [0.2, 0.25) is 0 Å². The van der Waals surface area contributed by atoms with Gasteiger partial charge in [0.25, 0.3) is 0 Å². The van der Waals surface area contributed by atoms with Crippen LogP contribution in [0.4, 0.5) is 0 Å². The standard InChI is InChI=1S/C12H25/c1-10(2)7-6-8-12(5)9-11(3)4/h8,10-12H,6-7,9H2,1-5H3. The van der Waals surface area contributed by atoms with Crippen molar-refractivity contribution in [2.75, 3.05) is 0 Å². The van der Waals surface area contributed by atoms with Gasteiger partial charge in [-0.1, -0.05) is 41.0 Å². The first-order chi connectivity index (χ1) is 5.52. The van der Waals surface area contributed by atoms with Crippen molar-refractivity contribution >= 4 is 0 Å². The fourth-order valence-electron chi connectivity index (χ4n) is 1.55. The SMILES string of the molecule is CC(C)CC[CH]C(C)CC(C)C. The monoisotopic (exact) mass is 169 g/mol. The summed E-state index contributed by atoms with van der Waals surface area (Å²) < 4.78 is 0. The van der Waals surface area contributed by atoms with Crippen molar-refractivity contribution in [1.29, 1.82) is 0 Å². The average molecular weight is 169 g/mol. The predicted molar refractivity (Wildman–Crippen MR) is 57.0 cm³/mol. The minimum Gasteiger partial charge on any atom is -0.0628 e. The lowest BCUT2D eigenvalue weighted by Gasteiger charge is -2.13. The Morgan fingerprint density at radius 2 is 1.50 bits per heavy atom. The quantitative estimate of drug-likeness (QED) is 0.556. The molecule has 0 rings (SSSR count).